The molecule has 0 bridgehead atoms. The number of nitrogens with two attached hydrogens (primary N) is 1. The molecule has 0 spiro atoms. The van der Waals surface area contributed by atoms with Crippen LogP contribution in [0.1, 0.15) is 33.6 Å². The van der Waals surface area contributed by atoms with E-state index in [2.05, 4.69) is 0 Å². The molecule has 5 nitrogen and oxygen atoms in total. The lowest BCUT2D eigenvalue weighted by Crippen LogP contribution is -2.44. The summed E-state index contributed by atoms with van der Waals surface area (Å²) in [5.41, 5.74) is 4.97. The number of amides is 1. The third-order valence-electron chi connectivity index (χ3n) is 2.98. The van der Waals surface area contributed by atoms with Crippen molar-refractivity contribution in [3.63, 3.8) is 0 Å². The molecule has 1 atom stereocenters. The molecule has 0 aromatic heterocycles. The zero-order valence-electron chi connectivity index (χ0n) is 11.0. The predicted octanol–water partition coefficient (Wildman–Crippen LogP) is 0.953. The number of carbonyl (C=O) groups excluding carboxylic acids is 1. The van der Waals surface area contributed by atoms with E-state index >= 15 is 0 Å². The number of rotatable bonds is 2. The maximum atomic E-state index is 11.8. The Balaban J connectivity index is 2.39. The molecule has 100 valence electrons. The number of aliphatic hydroxyl groups is 1. The quantitative estimate of drug-likeness (QED) is 0.758. The van der Waals surface area contributed by atoms with Crippen molar-refractivity contribution in [1.82, 2.24) is 4.90 Å². The molecular weight excluding hydrogens is 220 g/mol. The third-order valence-corrected chi connectivity index (χ3v) is 2.98. The van der Waals surface area contributed by atoms with Crippen molar-refractivity contribution in [3.05, 3.63) is 0 Å². The summed E-state index contributed by atoms with van der Waals surface area (Å²) in [7, 11) is 0. The predicted molar refractivity (Wildman–Crippen MR) is 65.6 cm³/mol. The van der Waals surface area contributed by atoms with Gasteiger partial charge in [-0.05, 0) is 39.5 Å². The molecule has 0 aromatic rings. The molecule has 0 radical (unpaired) electrons. The minimum Gasteiger partial charge on any atom is -0.444 e. The van der Waals surface area contributed by atoms with Crippen LogP contribution < -0.4 is 5.73 Å². The zero-order chi connectivity index (χ0) is 13.1. The molecule has 1 fully saturated rings. The summed E-state index contributed by atoms with van der Waals surface area (Å²) in [5, 5.41) is 9.63. The average Bonchev–Trinajstić information content (AvgIpc) is 2.26. The molecule has 1 heterocycles. The molecule has 0 saturated carbocycles. The number of nitrogens with zero attached hydrogens (tertiary/aromatic N) is 1. The van der Waals surface area contributed by atoms with Crippen molar-refractivity contribution in [2.45, 2.75) is 45.3 Å². The fraction of sp³-hybridized carbons (Fsp3) is 0.917. The van der Waals surface area contributed by atoms with Crippen LogP contribution in [-0.2, 0) is 4.74 Å². The Morgan fingerprint density at radius 2 is 2.00 bits per heavy atom. The van der Waals surface area contributed by atoms with Crippen LogP contribution in [0.2, 0.25) is 0 Å². The normalized spacial score (nSPS) is 20.2. The van der Waals surface area contributed by atoms with Gasteiger partial charge in [0.15, 0.2) is 0 Å². The number of aliphatic hydroxyl groups excluding tert-OH is 1. The molecule has 0 aromatic carbocycles. The van der Waals surface area contributed by atoms with E-state index < -0.39 is 11.7 Å². The maximum absolute atomic E-state index is 11.8. The molecule has 0 unspecified atom stereocenters. The second kappa shape index (κ2) is 5.69. The van der Waals surface area contributed by atoms with Crippen LogP contribution in [0, 0.1) is 5.92 Å². The number of hydrogen-bond acceptors (Lipinski definition) is 4. The van der Waals surface area contributed by atoms with E-state index in [1.807, 2.05) is 20.8 Å². The summed E-state index contributed by atoms with van der Waals surface area (Å²) in [6.45, 7) is 7.13. The van der Waals surface area contributed by atoms with Crippen LogP contribution in [0.15, 0.2) is 0 Å². The summed E-state index contributed by atoms with van der Waals surface area (Å²) in [4.78, 5) is 13.5. The van der Waals surface area contributed by atoms with Crippen molar-refractivity contribution in [2.75, 3.05) is 19.6 Å². The van der Waals surface area contributed by atoms with Gasteiger partial charge in [0.05, 0.1) is 6.10 Å². The number of piperidine rings is 1. The summed E-state index contributed by atoms with van der Waals surface area (Å²) < 4.78 is 5.30. The van der Waals surface area contributed by atoms with Gasteiger partial charge in [-0.15, -0.1) is 0 Å². The molecule has 0 aliphatic carbocycles. The summed E-state index contributed by atoms with van der Waals surface area (Å²) >= 11 is 0. The van der Waals surface area contributed by atoms with Crippen LogP contribution >= 0.6 is 0 Å². The van der Waals surface area contributed by atoms with E-state index in [-0.39, 0.29) is 18.6 Å². The molecule has 5 heteroatoms. The van der Waals surface area contributed by atoms with E-state index in [0.29, 0.717) is 13.1 Å². The SMILES string of the molecule is CC(C)(C)OC(=O)N1CCC([C@@H](O)CN)CC1. The van der Waals surface area contributed by atoms with Gasteiger partial charge in [-0.2, -0.15) is 0 Å². The van der Waals surface area contributed by atoms with Crippen molar-refractivity contribution < 1.29 is 14.6 Å². The second-order valence-corrected chi connectivity index (χ2v) is 5.61. The van der Waals surface area contributed by atoms with Crippen LogP contribution in [0.25, 0.3) is 0 Å². The van der Waals surface area contributed by atoms with Gasteiger partial charge in [-0.3, -0.25) is 0 Å². The van der Waals surface area contributed by atoms with Crippen molar-refractivity contribution >= 4 is 6.09 Å². The minimum absolute atomic E-state index is 0.207. The monoisotopic (exact) mass is 244 g/mol. The Morgan fingerprint density at radius 1 is 1.47 bits per heavy atom. The highest BCUT2D eigenvalue weighted by Crippen LogP contribution is 2.21. The highest BCUT2D eigenvalue weighted by molar-refractivity contribution is 5.68. The molecule has 1 rings (SSSR count). The second-order valence-electron chi connectivity index (χ2n) is 5.61. The minimum atomic E-state index is -0.454. The fourth-order valence-electron chi connectivity index (χ4n) is 1.99. The first-order valence-corrected chi connectivity index (χ1v) is 6.19. The van der Waals surface area contributed by atoms with Crippen LogP contribution in [-0.4, -0.2) is 47.4 Å². The Bertz CT molecular complexity index is 255. The highest BCUT2D eigenvalue weighted by Gasteiger charge is 2.29. The number of ether oxygens (including phenoxy) is 1. The van der Waals surface area contributed by atoms with E-state index in [4.69, 9.17) is 10.5 Å². The summed E-state index contributed by atoms with van der Waals surface area (Å²) in [6, 6.07) is 0. The fourth-order valence-corrected chi connectivity index (χ4v) is 1.99. The van der Waals surface area contributed by atoms with Gasteiger partial charge < -0.3 is 20.5 Å². The van der Waals surface area contributed by atoms with Gasteiger partial charge in [0.25, 0.3) is 0 Å². The number of hydrogen-bond donors (Lipinski definition) is 2. The van der Waals surface area contributed by atoms with Gasteiger partial charge in [0, 0.05) is 19.6 Å². The van der Waals surface area contributed by atoms with Gasteiger partial charge in [0.2, 0.25) is 0 Å². The van der Waals surface area contributed by atoms with Crippen LogP contribution in [0.4, 0.5) is 4.79 Å². The van der Waals surface area contributed by atoms with Crippen molar-refractivity contribution in [3.8, 4) is 0 Å². The summed E-state index contributed by atoms with van der Waals surface area (Å²) in [6.07, 6.45) is 0.865. The van der Waals surface area contributed by atoms with Crippen molar-refractivity contribution in [2.24, 2.45) is 11.7 Å². The first-order chi connectivity index (χ1) is 7.83. The summed E-state index contributed by atoms with van der Waals surface area (Å²) in [5.74, 6) is 0.207. The molecule has 1 aliphatic heterocycles. The zero-order valence-corrected chi connectivity index (χ0v) is 11.0. The maximum Gasteiger partial charge on any atom is 0.410 e. The van der Waals surface area contributed by atoms with Gasteiger partial charge in [-0.1, -0.05) is 0 Å². The Labute approximate surface area is 103 Å². The van der Waals surface area contributed by atoms with Crippen molar-refractivity contribution in [1.29, 1.82) is 0 Å². The van der Waals surface area contributed by atoms with Gasteiger partial charge in [-0.25, -0.2) is 4.79 Å². The Hall–Kier alpha value is -0.810. The highest BCUT2D eigenvalue weighted by atomic mass is 16.6. The Kier molecular flexibility index (Phi) is 4.77. The van der Waals surface area contributed by atoms with Gasteiger partial charge in [0.1, 0.15) is 5.60 Å². The van der Waals surface area contributed by atoms with E-state index in [0.717, 1.165) is 12.8 Å². The first-order valence-electron chi connectivity index (χ1n) is 6.19. The number of likely N-dealkylation sites (tertiary alicyclic amines) is 1. The standard InChI is InChI=1S/C12H24N2O3/c1-12(2,3)17-11(16)14-6-4-9(5-7-14)10(15)8-13/h9-10,15H,4-8,13H2,1-3H3/t10-/m0/s1. The van der Waals surface area contributed by atoms with E-state index in [1.54, 1.807) is 4.90 Å². The third kappa shape index (κ3) is 4.52. The molecule has 17 heavy (non-hydrogen) atoms. The number of carbonyl (C=O) groups is 1. The first kappa shape index (κ1) is 14.3. The molecule has 3 N–H and O–H groups in total. The molecular formula is C12H24N2O3. The smallest absolute Gasteiger partial charge is 0.410 e. The van der Waals surface area contributed by atoms with E-state index in [1.165, 1.54) is 0 Å². The lowest BCUT2D eigenvalue weighted by atomic mass is 9.91. The largest absolute Gasteiger partial charge is 0.444 e. The topological polar surface area (TPSA) is 75.8 Å². The molecule has 1 amide bonds. The van der Waals surface area contributed by atoms with Crippen LogP contribution in [0.3, 0.4) is 0 Å². The molecule has 1 aliphatic rings. The van der Waals surface area contributed by atoms with Crippen LogP contribution in [0.5, 0.6) is 0 Å². The van der Waals surface area contributed by atoms with Gasteiger partial charge >= 0.3 is 6.09 Å². The lowest BCUT2D eigenvalue weighted by Gasteiger charge is -2.34. The lowest BCUT2D eigenvalue weighted by molar-refractivity contribution is 0.00903. The molecule has 1 saturated heterocycles. The Morgan fingerprint density at radius 3 is 2.41 bits per heavy atom. The van der Waals surface area contributed by atoms with E-state index in [9.17, 15) is 9.90 Å². The average molecular weight is 244 g/mol.